The van der Waals surface area contributed by atoms with Gasteiger partial charge in [0.1, 0.15) is 5.82 Å². The molecule has 0 bridgehead atoms. The molecular formula is C20H21N5O3. The summed E-state index contributed by atoms with van der Waals surface area (Å²) >= 11 is 0. The van der Waals surface area contributed by atoms with E-state index in [1.807, 2.05) is 30.3 Å². The number of amides is 1. The summed E-state index contributed by atoms with van der Waals surface area (Å²) in [5.41, 5.74) is 2.22. The predicted octanol–water partition coefficient (Wildman–Crippen LogP) is 2.43. The Hall–Kier alpha value is -3.68. The van der Waals surface area contributed by atoms with Crippen LogP contribution in [0.3, 0.4) is 0 Å². The zero-order chi connectivity index (χ0) is 19.8. The van der Waals surface area contributed by atoms with Crippen molar-refractivity contribution in [2.24, 2.45) is 0 Å². The van der Waals surface area contributed by atoms with Gasteiger partial charge in [-0.15, -0.1) is 10.2 Å². The standard InChI is InChI=1S/C20H21N5O3/c1-27-17-5-3-15(11-18(17)28-2)13-22-19-6-4-16(24-25-19)20(26)23-12-14-7-9-21-10-8-14/h3-11H,12-13H2,1-2H3,(H,22,25)(H,23,26). The highest BCUT2D eigenvalue weighted by Crippen LogP contribution is 2.27. The highest BCUT2D eigenvalue weighted by molar-refractivity contribution is 5.92. The van der Waals surface area contributed by atoms with Gasteiger partial charge in [0, 0.05) is 25.5 Å². The molecule has 0 fully saturated rings. The topological polar surface area (TPSA) is 98.3 Å². The number of nitrogens with zero attached hydrogens (tertiary/aromatic N) is 3. The van der Waals surface area contributed by atoms with E-state index >= 15 is 0 Å². The fourth-order valence-corrected chi connectivity index (χ4v) is 2.50. The van der Waals surface area contributed by atoms with Gasteiger partial charge in [-0.05, 0) is 47.5 Å². The molecule has 3 aromatic rings. The molecule has 144 valence electrons. The SMILES string of the molecule is COc1ccc(CNc2ccc(C(=O)NCc3ccncc3)nn2)cc1OC. The van der Waals surface area contributed by atoms with Crippen LogP contribution in [0, 0.1) is 0 Å². The van der Waals surface area contributed by atoms with Crippen LogP contribution in [-0.2, 0) is 13.1 Å². The lowest BCUT2D eigenvalue weighted by Crippen LogP contribution is -2.24. The van der Waals surface area contributed by atoms with Crippen LogP contribution in [0.4, 0.5) is 5.82 Å². The van der Waals surface area contributed by atoms with Crippen molar-refractivity contribution in [3.8, 4) is 11.5 Å². The van der Waals surface area contributed by atoms with Crippen molar-refractivity contribution in [1.82, 2.24) is 20.5 Å². The first-order chi connectivity index (χ1) is 13.7. The zero-order valence-corrected chi connectivity index (χ0v) is 15.7. The first-order valence-corrected chi connectivity index (χ1v) is 8.65. The number of pyridine rings is 1. The molecule has 1 aromatic carbocycles. The van der Waals surface area contributed by atoms with E-state index in [0.717, 1.165) is 11.1 Å². The minimum absolute atomic E-state index is 0.255. The number of anilines is 1. The molecule has 2 heterocycles. The van der Waals surface area contributed by atoms with Gasteiger partial charge in [-0.1, -0.05) is 6.07 Å². The highest BCUT2D eigenvalue weighted by Gasteiger charge is 2.09. The first-order valence-electron chi connectivity index (χ1n) is 8.65. The summed E-state index contributed by atoms with van der Waals surface area (Å²) in [5.74, 6) is 1.62. The van der Waals surface area contributed by atoms with E-state index in [-0.39, 0.29) is 11.6 Å². The quantitative estimate of drug-likeness (QED) is 0.620. The van der Waals surface area contributed by atoms with Crippen molar-refractivity contribution < 1.29 is 14.3 Å². The van der Waals surface area contributed by atoms with Crippen LogP contribution in [0.2, 0.25) is 0 Å². The maximum atomic E-state index is 12.2. The molecule has 0 saturated carbocycles. The molecule has 3 rings (SSSR count). The van der Waals surface area contributed by atoms with Gasteiger partial charge >= 0.3 is 0 Å². The Morgan fingerprint density at radius 2 is 1.68 bits per heavy atom. The van der Waals surface area contributed by atoms with Crippen LogP contribution >= 0.6 is 0 Å². The van der Waals surface area contributed by atoms with E-state index in [0.29, 0.717) is 30.4 Å². The number of rotatable bonds is 8. The Balaban J connectivity index is 1.55. The maximum absolute atomic E-state index is 12.2. The third-order valence-electron chi connectivity index (χ3n) is 4.02. The molecule has 2 N–H and O–H groups in total. The number of benzene rings is 1. The molecule has 0 aliphatic rings. The molecule has 0 atom stereocenters. The van der Waals surface area contributed by atoms with Crippen LogP contribution in [0.15, 0.2) is 54.9 Å². The zero-order valence-electron chi connectivity index (χ0n) is 15.7. The molecule has 28 heavy (non-hydrogen) atoms. The molecule has 0 saturated heterocycles. The van der Waals surface area contributed by atoms with Crippen LogP contribution < -0.4 is 20.1 Å². The van der Waals surface area contributed by atoms with E-state index in [1.54, 1.807) is 38.7 Å². The third kappa shape index (κ3) is 4.94. The second-order valence-electron chi connectivity index (χ2n) is 5.88. The molecule has 0 radical (unpaired) electrons. The lowest BCUT2D eigenvalue weighted by atomic mass is 10.2. The highest BCUT2D eigenvalue weighted by atomic mass is 16.5. The number of aromatic nitrogens is 3. The van der Waals surface area contributed by atoms with Crippen LogP contribution in [0.1, 0.15) is 21.6 Å². The number of methoxy groups -OCH3 is 2. The lowest BCUT2D eigenvalue weighted by Gasteiger charge is -2.10. The number of nitrogens with one attached hydrogen (secondary N) is 2. The average molecular weight is 379 g/mol. The van der Waals surface area contributed by atoms with E-state index in [1.165, 1.54) is 0 Å². The molecule has 1 amide bonds. The normalized spacial score (nSPS) is 10.2. The minimum Gasteiger partial charge on any atom is -0.493 e. The number of carbonyl (C=O) groups excluding carboxylic acids is 1. The third-order valence-corrected chi connectivity index (χ3v) is 4.02. The van der Waals surface area contributed by atoms with E-state index in [2.05, 4.69) is 25.8 Å². The van der Waals surface area contributed by atoms with Gasteiger partial charge in [-0.25, -0.2) is 0 Å². The van der Waals surface area contributed by atoms with Gasteiger partial charge in [-0.3, -0.25) is 9.78 Å². The van der Waals surface area contributed by atoms with E-state index < -0.39 is 0 Å². The van der Waals surface area contributed by atoms with Crippen molar-refractivity contribution in [3.05, 3.63) is 71.7 Å². The van der Waals surface area contributed by atoms with E-state index in [9.17, 15) is 4.79 Å². The maximum Gasteiger partial charge on any atom is 0.272 e. The van der Waals surface area contributed by atoms with Crippen molar-refractivity contribution in [1.29, 1.82) is 0 Å². The van der Waals surface area contributed by atoms with Gasteiger partial charge in [0.2, 0.25) is 0 Å². The minimum atomic E-state index is -0.282. The molecular weight excluding hydrogens is 358 g/mol. The molecule has 2 aromatic heterocycles. The molecule has 0 unspecified atom stereocenters. The summed E-state index contributed by atoms with van der Waals surface area (Å²) < 4.78 is 10.5. The predicted molar refractivity (Wildman–Crippen MR) is 104 cm³/mol. The van der Waals surface area contributed by atoms with Crippen molar-refractivity contribution in [2.45, 2.75) is 13.1 Å². The largest absolute Gasteiger partial charge is 0.493 e. The number of hydrogen-bond donors (Lipinski definition) is 2. The monoisotopic (exact) mass is 379 g/mol. The van der Waals surface area contributed by atoms with Gasteiger partial charge in [0.15, 0.2) is 17.2 Å². The Kier molecular flexibility index (Phi) is 6.35. The molecule has 0 aliphatic heterocycles. The van der Waals surface area contributed by atoms with Crippen molar-refractivity contribution in [2.75, 3.05) is 19.5 Å². The fraction of sp³-hybridized carbons (Fsp3) is 0.200. The summed E-state index contributed by atoms with van der Waals surface area (Å²) in [6, 6.07) is 12.7. The fourth-order valence-electron chi connectivity index (χ4n) is 2.50. The molecule has 0 aliphatic carbocycles. The van der Waals surface area contributed by atoms with Crippen LogP contribution in [-0.4, -0.2) is 35.3 Å². The lowest BCUT2D eigenvalue weighted by molar-refractivity contribution is 0.0945. The van der Waals surface area contributed by atoms with Crippen molar-refractivity contribution >= 4 is 11.7 Å². The van der Waals surface area contributed by atoms with Crippen LogP contribution in [0.25, 0.3) is 0 Å². The summed E-state index contributed by atoms with van der Waals surface area (Å²) in [7, 11) is 3.19. The Bertz CT molecular complexity index is 917. The van der Waals surface area contributed by atoms with Gasteiger partial charge < -0.3 is 20.1 Å². The number of ether oxygens (including phenoxy) is 2. The second kappa shape index (κ2) is 9.31. The Labute approximate surface area is 162 Å². The second-order valence-corrected chi connectivity index (χ2v) is 5.88. The Morgan fingerprint density at radius 1 is 0.893 bits per heavy atom. The smallest absolute Gasteiger partial charge is 0.272 e. The Morgan fingerprint density at radius 3 is 2.36 bits per heavy atom. The summed E-state index contributed by atoms with van der Waals surface area (Å²) in [6.45, 7) is 0.935. The summed E-state index contributed by atoms with van der Waals surface area (Å²) in [5, 5.41) is 14.0. The van der Waals surface area contributed by atoms with Crippen molar-refractivity contribution in [3.63, 3.8) is 0 Å². The first kappa shape index (κ1) is 19.1. The van der Waals surface area contributed by atoms with Crippen LogP contribution in [0.5, 0.6) is 11.5 Å². The number of hydrogen-bond acceptors (Lipinski definition) is 7. The molecule has 8 nitrogen and oxygen atoms in total. The average Bonchev–Trinajstić information content (AvgIpc) is 2.76. The van der Waals surface area contributed by atoms with Gasteiger partial charge in [-0.2, -0.15) is 0 Å². The molecule has 0 spiro atoms. The number of carbonyl (C=O) groups is 1. The molecule has 8 heteroatoms. The summed E-state index contributed by atoms with van der Waals surface area (Å²) in [6.07, 6.45) is 3.36. The summed E-state index contributed by atoms with van der Waals surface area (Å²) in [4.78, 5) is 16.1. The van der Waals surface area contributed by atoms with Gasteiger partial charge in [0.05, 0.1) is 14.2 Å². The van der Waals surface area contributed by atoms with E-state index in [4.69, 9.17) is 9.47 Å². The van der Waals surface area contributed by atoms with Gasteiger partial charge in [0.25, 0.3) is 5.91 Å².